The van der Waals surface area contributed by atoms with Crippen LogP contribution in [0.25, 0.3) is 0 Å². The number of anilines is 1. The Morgan fingerprint density at radius 1 is 1.19 bits per heavy atom. The molecule has 0 saturated heterocycles. The van der Waals surface area contributed by atoms with E-state index < -0.39 is 15.6 Å². The Hall–Kier alpha value is -2.54. The summed E-state index contributed by atoms with van der Waals surface area (Å²) in [4.78, 5) is 12.9. The summed E-state index contributed by atoms with van der Waals surface area (Å²) in [6, 6.07) is 13.0. The molecule has 2 aromatic rings. The molecule has 1 amide bonds. The summed E-state index contributed by atoms with van der Waals surface area (Å²) in [5.41, 5.74) is 3.13. The van der Waals surface area contributed by atoms with Crippen LogP contribution in [0, 0.1) is 6.92 Å². The summed E-state index contributed by atoms with van der Waals surface area (Å²) in [6.07, 6.45) is 1.71. The summed E-state index contributed by atoms with van der Waals surface area (Å²) >= 11 is 0. The first kappa shape index (κ1) is 23.1. The Balaban J connectivity index is 1.82. The van der Waals surface area contributed by atoms with E-state index in [1.54, 1.807) is 12.1 Å². The Morgan fingerprint density at radius 3 is 2.42 bits per heavy atom. The predicted octanol–water partition coefficient (Wildman–Crippen LogP) is 4.30. The zero-order chi connectivity index (χ0) is 23.0. The van der Waals surface area contributed by atoms with Crippen LogP contribution in [0.3, 0.4) is 0 Å². The Kier molecular flexibility index (Phi) is 6.37. The van der Waals surface area contributed by atoms with E-state index in [-0.39, 0.29) is 18.5 Å². The van der Waals surface area contributed by atoms with Gasteiger partial charge in [-0.05, 0) is 56.0 Å². The lowest BCUT2D eigenvalue weighted by Gasteiger charge is -2.38. The minimum Gasteiger partial charge on any atom is -0.487 e. The largest absolute Gasteiger partial charge is 0.487 e. The van der Waals surface area contributed by atoms with Crippen LogP contribution in [0.2, 0.25) is 0 Å². The predicted molar refractivity (Wildman–Crippen MR) is 124 cm³/mol. The molecule has 1 aliphatic rings. The van der Waals surface area contributed by atoms with E-state index in [0.717, 1.165) is 33.0 Å². The molecule has 0 aliphatic carbocycles. The number of hydrogen-bond acceptors (Lipinski definition) is 4. The lowest BCUT2D eigenvalue weighted by atomic mass is 9.89. The molecule has 7 heteroatoms. The lowest BCUT2D eigenvalue weighted by molar-refractivity contribution is -0.120. The molecule has 1 N–H and O–H groups in total. The van der Waals surface area contributed by atoms with Crippen LogP contribution in [0.4, 0.5) is 5.69 Å². The molecule has 2 aromatic carbocycles. The summed E-state index contributed by atoms with van der Waals surface area (Å²) < 4.78 is 32.1. The summed E-state index contributed by atoms with van der Waals surface area (Å²) in [6.45, 7) is 9.83. The van der Waals surface area contributed by atoms with Crippen LogP contribution in [0.5, 0.6) is 5.75 Å². The standard InChI is InChI=1S/C24H32N2O4S/c1-16(2)18-8-10-19(11-9-18)26(31(6,28)29)15-23(27)25-21-14-24(4,5)30-22-13-17(3)7-12-20(21)22/h7-13,16,21H,14-15H2,1-6H3,(H,25,27)/t21-/m1/s1. The molecule has 0 bridgehead atoms. The molecule has 168 valence electrons. The maximum absolute atomic E-state index is 12.9. The van der Waals surface area contributed by atoms with E-state index in [4.69, 9.17) is 4.74 Å². The van der Waals surface area contributed by atoms with Crippen molar-refractivity contribution >= 4 is 21.6 Å². The SMILES string of the molecule is Cc1ccc2c(c1)OC(C)(C)C[C@H]2NC(=O)CN(c1ccc(C(C)C)cc1)S(C)(=O)=O. The van der Waals surface area contributed by atoms with E-state index in [1.165, 1.54) is 0 Å². The highest BCUT2D eigenvalue weighted by atomic mass is 32.2. The van der Waals surface area contributed by atoms with E-state index in [9.17, 15) is 13.2 Å². The maximum Gasteiger partial charge on any atom is 0.241 e. The molecule has 0 aromatic heterocycles. The normalized spacial score (nSPS) is 17.6. The fraction of sp³-hybridized carbons (Fsp3) is 0.458. The number of aryl methyl sites for hydroxylation is 1. The lowest BCUT2D eigenvalue weighted by Crippen LogP contribution is -2.45. The van der Waals surface area contributed by atoms with Crippen LogP contribution >= 0.6 is 0 Å². The third kappa shape index (κ3) is 5.58. The van der Waals surface area contributed by atoms with Gasteiger partial charge >= 0.3 is 0 Å². The third-order valence-corrected chi connectivity index (χ3v) is 6.64. The highest BCUT2D eigenvalue weighted by Crippen LogP contribution is 2.39. The minimum absolute atomic E-state index is 0.253. The molecule has 0 unspecified atom stereocenters. The highest BCUT2D eigenvalue weighted by Gasteiger charge is 2.35. The van der Waals surface area contributed by atoms with Crippen LogP contribution in [-0.2, 0) is 14.8 Å². The van der Waals surface area contributed by atoms with E-state index >= 15 is 0 Å². The van der Waals surface area contributed by atoms with Gasteiger partial charge in [0.15, 0.2) is 0 Å². The Labute approximate surface area is 185 Å². The number of benzene rings is 2. The van der Waals surface area contributed by atoms with Crippen molar-refractivity contribution in [2.75, 3.05) is 17.1 Å². The van der Waals surface area contributed by atoms with Crippen molar-refractivity contribution in [3.8, 4) is 5.75 Å². The van der Waals surface area contributed by atoms with Gasteiger partial charge in [0, 0.05) is 12.0 Å². The summed E-state index contributed by atoms with van der Waals surface area (Å²) in [5.74, 6) is 0.739. The summed E-state index contributed by atoms with van der Waals surface area (Å²) in [7, 11) is -3.63. The van der Waals surface area contributed by atoms with Crippen molar-refractivity contribution in [2.24, 2.45) is 0 Å². The zero-order valence-electron chi connectivity index (χ0n) is 19.1. The second-order valence-electron chi connectivity index (χ2n) is 9.24. The first-order chi connectivity index (χ1) is 14.4. The maximum atomic E-state index is 12.9. The first-order valence-electron chi connectivity index (χ1n) is 10.5. The Bertz CT molecular complexity index is 1060. The number of carbonyl (C=O) groups is 1. The van der Waals surface area contributed by atoms with Gasteiger partial charge in [0.25, 0.3) is 0 Å². The molecule has 0 fully saturated rings. The first-order valence-corrected chi connectivity index (χ1v) is 12.4. The van der Waals surface area contributed by atoms with Crippen LogP contribution < -0.4 is 14.4 Å². The molecular formula is C24H32N2O4S. The number of nitrogens with zero attached hydrogens (tertiary/aromatic N) is 1. The van der Waals surface area contributed by atoms with Crippen molar-refractivity contribution < 1.29 is 17.9 Å². The average molecular weight is 445 g/mol. The third-order valence-electron chi connectivity index (χ3n) is 5.50. The smallest absolute Gasteiger partial charge is 0.241 e. The van der Waals surface area contributed by atoms with Gasteiger partial charge in [0.05, 0.1) is 18.0 Å². The van der Waals surface area contributed by atoms with Gasteiger partial charge in [-0.2, -0.15) is 0 Å². The van der Waals surface area contributed by atoms with Crippen molar-refractivity contribution in [3.63, 3.8) is 0 Å². The second kappa shape index (κ2) is 8.54. The average Bonchev–Trinajstić information content (AvgIpc) is 2.64. The molecule has 0 saturated carbocycles. The molecule has 0 radical (unpaired) electrons. The zero-order valence-corrected chi connectivity index (χ0v) is 19.9. The van der Waals surface area contributed by atoms with Gasteiger partial charge in [-0.15, -0.1) is 0 Å². The number of fused-ring (bicyclic) bond motifs is 1. The van der Waals surface area contributed by atoms with Crippen LogP contribution in [-0.4, -0.2) is 32.7 Å². The van der Waals surface area contributed by atoms with Gasteiger partial charge in [-0.25, -0.2) is 8.42 Å². The Morgan fingerprint density at radius 2 is 1.84 bits per heavy atom. The van der Waals surface area contributed by atoms with E-state index in [1.807, 2.05) is 51.1 Å². The molecule has 3 rings (SSSR count). The van der Waals surface area contributed by atoms with Crippen molar-refractivity contribution in [1.29, 1.82) is 0 Å². The number of sulfonamides is 1. The number of ether oxygens (including phenoxy) is 1. The van der Waals surface area contributed by atoms with Crippen molar-refractivity contribution in [3.05, 3.63) is 59.2 Å². The number of carbonyl (C=O) groups excluding carboxylic acids is 1. The second-order valence-corrected chi connectivity index (χ2v) is 11.1. The molecule has 0 spiro atoms. The van der Waals surface area contributed by atoms with Gasteiger partial charge in [-0.1, -0.05) is 38.1 Å². The molecule has 1 atom stereocenters. The van der Waals surface area contributed by atoms with Crippen molar-refractivity contribution in [1.82, 2.24) is 5.32 Å². The van der Waals surface area contributed by atoms with Gasteiger partial charge in [0.2, 0.25) is 15.9 Å². The quantitative estimate of drug-likeness (QED) is 0.721. The molecule has 1 aliphatic heterocycles. The van der Waals surface area contributed by atoms with Crippen LogP contribution in [0.1, 0.15) is 62.8 Å². The van der Waals surface area contributed by atoms with Crippen LogP contribution in [0.15, 0.2) is 42.5 Å². The minimum atomic E-state index is -3.63. The van der Waals surface area contributed by atoms with Gasteiger partial charge < -0.3 is 10.1 Å². The number of nitrogens with one attached hydrogen (secondary N) is 1. The number of hydrogen-bond donors (Lipinski definition) is 1. The number of amides is 1. The van der Waals surface area contributed by atoms with Gasteiger partial charge in [-0.3, -0.25) is 9.10 Å². The number of rotatable bonds is 6. The molecule has 31 heavy (non-hydrogen) atoms. The monoisotopic (exact) mass is 444 g/mol. The van der Waals surface area contributed by atoms with Gasteiger partial charge in [0.1, 0.15) is 17.9 Å². The summed E-state index contributed by atoms with van der Waals surface area (Å²) in [5, 5.41) is 3.03. The van der Waals surface area contributed by atoms with E-state index in [2.05, 4.69) is 19.2 Å². The van der Waals surface area contributed by atoms with Crippen molar-refractivity contribution in [2.45, 2.75) is 58.6 Å². The highest BCUT2D eigenvalue weighted by molar-refractivity contribution is 7.92. The molecule has 1 heterocycles. The fourth-order valence-corrected chi connectivity index (χ4v) is 4.74. The topological polar surface area (TPSA) is 75.7 Å². The molecular weight excluding hydrogens is 412 g/mol. The molecule has 6 nitrogen and oxygen atoms in total. The fourth-order valence-electron chi connectivity index (χ4n) is 3.88. The van der Waals surface area contributed by atoms with E-state index in [0.29, 0.717) is 18.0 Å².